The Labute approximate surface area is 142 Å². The first-order valence-corrected chi connectivity index (χ1v) is 9.62. The summed E-state index contributed by atoms with van der Waals surface area (Å²) in [6, 6.07) is 0. The van der Waals surface area contributed by atoms with Gasteiger partial charge < -0.3 is 9.47 Å². The van der Waals surface area contributed by atoms with Crippen LogP contribution in [0, 0.1) is 0 Å². The van der Waals surface area contributed by atoms with Crippen LogP contribution in [0.3, 0.4) is 0 Å². The van der Waals surface area contributed by atoms with Crippen LogP contribution >= 0.6 is 0 Å². The average Bonchev–Trinajstić information content (AvgIpc) is 3.35. The molecule has 1 heterocycles. The SMILES string of the molecule is CCCCCCCC/C=C\CCCCCC[C@@]1(C(=O)OC)CO1. The van der Waals surface area contributed by atoms with Gasteiger partial charge in [-0.3, -0.25) is 0 Å². The maximum atomic E-state index is 11.5. The molecule has 0 radical (unpaired) electrons. The molecular weight excluding hydrogens is 288 g/mol. The third-order valence-corrected chi connectivity index (χ3v) is 4.64. The standard InChI is InChI=1S/C20H36O3/c1-3-4-5-6-7-8-9-10-11-12-13-14-15-16-17-20(18-23-20)19(21)22-2/h10-11H,3-9,12-18H2,1-2H3/b11-10-/t20-/m0/s1. The third kappa shape index (κ3) is 9.14. The first kappa shape index (κ1) is 20.2. The number of ether oxygens (including phenoxy) is 2. The number of esters is 1. The summed E-state index contributed by atoms with van der Waals surface area (Å²) in [5, 5.41) is 0. The molecule has 0 aromatic carbocycles. The Morgan fingerprint density at radius 1 is 0.957 bits per heavy atom. The van der Waals surface area contributed by atoms with Gasteiger partial charge in [-0.25, -0.2) is 4.79 Å². The zero-order valence-electron chi connectivity index (χ0n) is 15.3. The molecule has 1 aliphatic heterocycles. The van der Waals surface area contributed by atoms with Crippen molar-refractivity contribution in [1.29, 1.82) is 0 Å². The molecule has 23 heavy (non-hydrogen) atoms. The van der Waals surface area contributed by atoms with E-state index >= 15 is 0 Å². The van der Waals surface area contributed by atoms with Gasteiger partial charge in [0, 0.05) is 0 Å². The maximum absolute atomic E-state index is 11.5. The van der Waals surface area contributed by atoms with Crippen molar-refractivity contribution in [3.63, 3.8) is 0 Å². The van der Waals surface area contributed by atoms with Crippen LogP contribution < -0.4 is 0 Å². The summed E-state index contributed by atoms with van der Waals surface area (Å²) in [7, 11) is 1.43. The van der Waals surface area contributed by atoms with E-state index in [-0.39, 0.29) is 5.97 Å². The Balaban J connectivity index is 1.83. The Hall–Kier alpha value is -0.830. The molecule has 0 aromatic heterocycles. The first-order valence-electron chi connectivity index (χ1n) is 9.62. The molecule has 0 unspecified atom stereocenters. The van der Waals surface area contributed by atoms with Gasteiger partial charge >= 0.3 is 5.97 Å². The topological polar surface area (TPSA) is 38.8 Å². The van der Waals surface area contributed by atoms with Crippen LogP contribution in [0.2, 0.25) is 0 Å². The molecule has 134 valence electrons. The fourth-order valence-electron chi connectivity index (χ4n) is 2.94. The lowest BCUT2D eigenvalue weighted by atomic mass is 10.0. The second kappa shape index (κ2) is 12.6. The minimum atomic E-state index is -0.578. The molecule has 0 bridgehead atoms. The molecule has 0 aromatic rings. The van der Waals surface area contributed by atoms with Crippen molar-refractivity contribution in [2.24, 2.45) is 0 Å². The minimum Gasteiger partial charge on any atom is -0.467 e. The highest BCUT2D eigenvalue weighted by atomic mass is 16.6. The van der Waals surface area contributed by atoms with Crippen LogP contribution in [-0.2, 0) is 14.3 Å². The van der Waals surface area contributed by atoms with Crippen molar-refractivity contribution in [3.8, 4) is 0 Å². The lowest BCUT2D eigenvalue weighted by Gasteiger charge is -2.08. The van der Waals surface area contributed by atoms with Crippen molar-refractivity contribution in [1.82, 2.24) is 0 Å². The highest BCUT2D eigenvalue weighted by Crippen LogP contribution is 2.34. The summed E-state index contributed by atoms with van der Waals surface area (Å²) in [4.78, 5) is 11.5. The average molecular weight is 325 g/mol. The first-order chi connectivity index (χ1) is 11.2. The number of epoxide rings is 1. The van der Waals surface area contributed by atoms with Gasteiger partial charge in [-0.1, -0.05) is 64.0 Å². The number of methoxy groups -OCH3 is 1. The number of carbonyl (C=O) groups is 1. The molecule has 1 rings (SSSR count). The van der Waals surface area contributed by atoms with Gasteiger partial charge in [0.25, 0.3) is 0 Å². The molecule has 1 fully saturated rings. The van der Waals surface area contributed by atoms with Gasteiger partial charge in [-0.15, -0.1) is 0 Å². The molecule has 0 N–H and O–H groups in total. The Bertz CT molecular complexity index is 332. The van der Waals surface area contributed by atoms with Crippen molar-refractivity contribution in [2.45, 2.75) is 96.0 Å². The maximum Gasteiger partial charge on any atom is 0.340 e. The number of hydrogen-bond acceptors (Lipinski definition) is 3. The van der Waals surface area contributed by atoms with E-state index in [4.69, 9.17) is 9.47 Å². The number of unbranched alkanes of at least 4 members (excludes halogenated alkanes) is 10. The fourth-order valence-corrected chi connectivity index (χ4v) is 2.94. The van der Waals surface area contributed by atoms with Gasteiger partial charge in [0.1, 0.15) is 0 Å². The predicted molar refractivity (Wildman–Crippen MR) is 95.5 cm³/mol. The molecule has 0 spiro atoms. The van der Waals surface area contributed by atoms with Crippen molar-refractivity contribution in [2.75, 3.05) is 13.7 Å². The van der Waals surface area contributed by atoms with Gasteiger partial charge in [-0.2, -0.15) is 0 Å². The summed E-state index contributed by atoms with van der Waals surface area (Å²) in [5.74, 6) is -0.199. The predicted octanol–water partition coefficient (Wildman–Crippen LogP) is 5.58. The number of carbonyl (C=O) groups excluding carboxylic acids is 1. The van der Waals surface area contributed by atoms with Gasteiger partial charge in [0.05, 0.1) is 13.7 Å². The lowest BCUT2D eigenvalue weighted by Crippen LogP contribution is -2.25. The fraction of sp³-hybridized carbons (Fsp3) is 0.850. The smallest absolute Gasteiger partial charge is 0.340 e. The number of hydrogen-bond donors (Lipinski definition) is 0. The molecule has 1 aliphatic rings. The van der Waals surface area contributed by atoms with Gasteiger partial charge in [0.15, 0.2) is 5.60 Å². The van der Waals surface area contributed by atoms with E-state index in [1.165, 1.54) is 77.7 Å². The van der Waals surface area contributed by atoms with E-state index in [0.717, 1.165) is 12.8 Å². The molecule has 1 atom stereocenters. The van der Waals surface area contributed by atoms with Crippen molar-refractivity contribution < 1.29 is 14.3 Å². The van der Waals surface area contributed by atoms with E-state index in [1.54, 1.807) is 0 Å². The van der Waals surface area contributed by atoms with Crippen LogP contribution in [0.1, 0.15) is 90.4 Å². The number of rotatable bonds is 15. The Morgan fingerprint density at radius 3 is 2.00 bits per heavy atom. The van der Waals surface area contributed by atoms with Crippen LogP contribution in [0.4, 0.5) is 0 Å². The molecule has 0 aliphatic carbocycles. The largest absolute Gasteiger partial charge is 0.467 e. The van der Waals surface area contributed by atoms with Crippen LogP contribution in [0.5, 0.6) is 0 Å². The third-order valence-electron chi connectivity index (χ3n) is 4.64. The van der Waals surface area contributed by atoms with Gasteiger partial charge in [0.2, 0.25) is 0 Å². The highest BCUT2D eigenvalue weighted by Gasteiger charge is 2.52. The lowest BCUT2D eigenvalue weighted by molar-refractivity contribution is -0.147. The zero-order chi connectivity index (χ0) is 16.8. The van der Waals surface area contributed by atoms with Gasteiger partial charge in [-0.05, 0) is 38.5 Å². The van der Waals surface area contributed by atoms with Crippen molar-refractivity contribution in [3.05, 3.63) is 12.2 Å². The molecule has 0 amide bonds. The second-order valence-electron chi connectivity index (χ2n) is 6.76. The van der Waals surface area contributed by atoms with Crippen LogP contribution in [-0.4, -0.2) is 25.3 Å². The Morgan fingerprint density at radius 2 is 1.48 bits per heavy atom. The summed E-state index contributed by atoms with van der Waals surface area (Å²) in [5.41, 5.74) is -0.578. The highest BCUT2D eigenvalue weighted by molar-refractivity contribution is 5.82. The van der Waals surface area contributed by atoms with Crippen LogP contribution in [0.25, 0.3) is 0 Å². The van der Waals surface area contributed by atoms with E-state index in [9.17, 15) is 4.79 Å². The summed E-state index contributed by atoms with van der Waals surface area (Å²) < 4.78 is 10.1. The Kier molecular flexibility index (Phi) is 11.1. The summed E-state index contributed by atoms with van der Waals surface area (Å²) in [6.45, 7) is 2.81. The van der Waals surface area contributed by atoms with Crippen molar-refractivity contribution >= 4 is 5.97 Å². The molecule has 3 heteroatoms. The van der Waals surface area contributed by atoms with E-state index in [1.807, 2.05) is 0 Å². The number of allylic oxidation sites excluding steroid dienone is 2. The minimum absolute atomic E-state index is 0.199. The monoisotopic (exact) mass is 324 g/mol. The molecule has 1 saturated heterocycles. The second-order valence-corrected chi connectivity index (χ2v) is 6.76. The van der Waals surface area contributed by atoms with E-state index in [0.29, 0.717) is 6.61 Å². The quantitative estimate of drug-likeness (QED) is 0.171. The summed E-state index contributed by atoms with van der Waals surface area (Å²) >= 11 is 0. The molecular formula is C20H36O3. The van der Waals surface area contributed by atoms with E-state index < -0.39 is 5.60 Å². The zero-order valence-corrected chi connectivity index (χ0v) is 15.3. The normalized spacial score (nSPS) is 20.1. The molecule has 0 saturated carbocycles. The molecule has 3 nitrogen and oxygen atoms in total. The van der Waals surface area contributed by atoms with E-state index in [2.05, 4.69) is 19.1 Å². The van der Waals surface area contributed by atoms with Crippen LogP contribution in [0.15, 0.2) is 12.2 Å². The summed E-state index contributed by atoms with van der Waals surface area (Å²) in [6.07, 6.45) is 20.9.